The zero-order chi connectivity index (χ0) is 14.0. The number of benzene rings is 1. The second-order valence-corrected chi connectivity index (χ2v) is 6.36. The fraction of sp³-hybridized carbons (Fsp3) is 0.417. The first-order chi connectivity index (χ1) is 8.91. The van der Waals surface area contributed by atoms with Crippen LogP contribution < -0.4 is 5.73 Å². The van der Waals surface area contributed by atoms with Crippen LogP contribution in [-0.4, -0.2) is 33.4 Å². The number of nitrogens with two attached hydrogens (primary N) is 1. The number of nitrogens with zero attached hydrogens (tertiary/aromatic N) is 1. The molecule has 1 atom stereocenters. The molecule has 0 fully saturated rings. The van der Waals surface area contributed by atoms with Crippen LogP contribution in [0.1, 0.15) is 18.4 Å². The number of hydrogen-bond donors (Lipinski definition) is 1. The quantitative estimate of drug-likeness (QED) is 0.888. The molecule has 0 aliphatic carbocycles. The topological polar surface area (TPSA) is 95.4 Å². The van der Waals surface area contributed by atoms with E-state index in [9.17, 15) is 8.42 Å². The van der Waals surface area contributed by atoms with Crippen molar-refractivity contribution in [2.24, 2.45) is 5.73 Å². The maximum absolute atomic E-state index is 11.5. The smallest absolute Gasteiger partial charge is 0.212 e. The van der Waals surface area contributed by atoms with Crippen LogP contribution in [0, 0.1) is 0 Å². The van der Waals surface area contributed by atoms with Gasteiger partial charge >= 0.3 is 0 Å². The van der Waals surface area contributed by atoms with Crippen molar-refractivity contribution in [2.45, 2.75) is 17.4 Å². The first-order valence-electron chi connectivity index (χ1n) is 5.77. The summed E-state index contributed by atoms with van der Waals surface area (Å²) in [4.78, 5) is 4.44. The van der Waals surface area contributed by atoms with Crippen molar-refractivity contribution in [3.05, 3.63) is 24.1 Å². The lowest BCUT2D eigenvalue weighted by atomic mass is 10.2. The summed E-state index contributed by atoms with van der Waals surface area (Å²) in [6.07, 6.45) is 1.74. The van der Waals surface area contributed by atoms with Gasteiger partial charge in [-0.3, -0.25) is 0 Å². The van der Waals surface area contributed by atoms with E-state index >= 15 is 0 Å². The number of rotatable bonds is 5. The van der Waals surface area contributed by atoms with Crippen LogP contribution >= 0.6 is 0 Å². The molecule has 0 aliphatic heterocycles. The minimum Gasteiger partial charge on any atom is -0.439 e. The highest BCUT2D eigenvalue weighted by molar-refractivity contribution is 7.90. The second-order valence-electron chi connectivity index (χ2n) is 4.34. The molecular formula is C12H16N2O4S. The number of oxazole rings is 1. The Morgan fingerprint density at radius 2 is 2.21 bits per heavy atom. The molecule has 0 bridgehead atoms. The molecule has 1 unspecified atom stereocenters. The van der Waals surface area contributed by atoms with Gasteiger partial charge in [-0.25, -0.2) is 13.4 Å². The molecule has 7 heteroatoms. The Balaban J connectivity index is 2.35. The van der Waals surface area contributed by atoms with E-state index in [1.807, 2.05) is 0 Å². The molecule has 0 radical (unpaired) electrons. The highest BCUT2D eigenvalue weighted by atomic mass is 32.2. The monoisotopic (exact) mass is 284 g/mol. The van der Waals surface area contributed by atoms with Crippen molar-refractivity contribution >= 4 is 20.9 Å². The lowest BCUT2D eigenvalue weighted by Crippen LogP contribution is -2.12. The normalized spacial score (nSPS) is 13.8. The summed E-state index contributed by atoms with van der Waals surface area (Å²) in [6.45, 7) is 0.508. The number of fused-ring (bicyclic) bond motifs is 1. The third kappa shape index (κ3) is 3.12. The molecular weight excluding hydrogens is 268 g/mol. The lowest BCUT2D eigenvalue weighted by Gasteiger charge is -2.05. The van der Waals surface area contributed by atoms with Crippen LogP contribution in [0.4, 0.5) is 0 Å². The van der Waals surface area contributed by atoms with Gasteiger partial charge in [0.05, 0.1) is 10.9 Å². The third-order valence-electron chi connectivity index (χ3n) is 2.75. The molecule has 0 aliphatic rings. The molecule has 1 aromatic heterocycles. The zero-order valence-corrected chi connectivity index (χ0v) is 11.6. The molecule has 2 N–H and O–H groups in total. The van der Waals surface area contributed by atoms with Crippen molar-refractivity contribution in [2.75, 3.05) is 20.0 Å². The first kappa shape index (κ1) is 14.0. The summed E-state index contributed by atoms with van der Waals surface area (Å²) in [5.41, 5.74) is 6.93. The summed E-state index contributed by atoms with van der Waals surface area (Å²) in [7, 11) is -1.66. The molecule has 1 aromatic carbocycles. The van der Waals surface area contributed by atoms with E-state index in [0.717, 1.165) is 6.26 Å². The molecule has 104 valence electrons. The molecule has 0 spiro atoms. The Morgan fingerprint density at radius 3 is 2.84 bits per heavy atom. The van der Waals surface area contributed by atoms with E-state index in [0.29, 0.717) is 30.0 Å². The Kier molecular flexibility index (Phi) is 3.88. The van der Waals surface area contributed by atoms with Crippen molar-refractivity contribution in [3.63, 3.8) is 0 Å². The third-order valence-corrected chi connectivity index (χ3v) is 3.86. The van der Waals surface area contributed by atoms with E-state index in [1.165, 1.54) is 12.1 Å². The highest BCUT2D eigenvalue weighted by Gasteiger charge is 2.15. The molecule has 0 amide bonds. The number of aromatic nitrogens is 1. The predicted molar refractivity (Wildman–Crippen MR) is 70.5 cm³/mol. The Labute approximate surface area is 111 Å². The van der Waals surface area contributed by atoms with Crippen LogP contribution in [0.5, 0.6) is 0 Å². The van der Waals surface area contributed by atoms with E-state index in [1.54, 1.807) is 13.2 Å². The maximum Gasteiger partial charge on any atom is 0.212 e. The van der Waals surface area contributed by atoms with Gasteiger partial charge in [-0.1, -0.05) is 0 Å². The van der Waals surface area contributed by atoms with Gasteiger partial charge in [-0.05, 0) is 24.6 Å². The summed E-state index contributed by atoms with van der Waals surface area (Å²) in [5.74, 6) is 0.387. The van der Waals surface area contributed by atoms with Gasteiger partial charge in [0.15, 0.2) is 15.4 Å². The highest BCUT2D eigenvalue weighted by Crippen LogP contribution is 2.23. The minimum atomic E-state index is -3.25. The predicted octanol–water partition coefficient (Wildman–Crippen LogP) is 1.27. The summed E-state index contributed by atoms with van der Waals surface area (Å²) >= 11 is 0. The Bertz CT molecular complexity index is 678. The largest absolute Gasteiger partial charge is 0.439 e. The van der Waals surface area contributed by atoms with E-state index < -0.39 is 9.84 Å². The second kappa shape index (κ2) is 5.28. The number of methoxy groups -OCH3 is 1. The van der Waals surface area contributed by atoms with Crippen molar-refractivity contribution in [1.82, 2.24) is 4.98 Å². The van der Waals surface area contributed by atoms with E-state index in [-0.39, 0.29) is 10.9 Å². The van der Waals surface area contributed by atoms with Crippen LogP contribution in [0.25, 0.3) is 11.1 Å². The van der Waals surface area contributed by atoms with Gasteiger partial charge in [0.25, 0.3) is 0 Å². The van der Waals surface area contributed by atoms with Gasteiger partial charge in [-0.15, -0.1) is 0 Å². The zero-order valence-electron chi connectivity index (χ0n) is 10.8. The molecule has 19 heavy (non-hydrogen) atoms. The molecule has 1 heterocycles. The van der Waals surface area contributed by atoms with Gasteiger partial charge in [-0.2, -0.15) is 0 Å². The van der Waals surface area contributed by atoms with E-state index in [4.69, 9.17) is 14.9 Å². The molecule has 2 aromatic rings. The van der Waals surface area contributed by atoms with Crippen LogP contribution in [0.2, 0.25) is 0 Å². The Morgan fingerprint density at radius 1 is 1.47 bits per heavy atom. The van der Waals surface area contributed by atoms with Crippen LogP contribution in [0.15, 0.2) is 27.5 Å². The summed E-state index contributed by atoms with van der Waals surface area (Å²) in [6, 6.07) is 4.20. The van der Waals surface area contributed by atoms with Gasteiger partial charge in [0, 0.05) is 20.0 Å². The number of sulfone groups is 1. The average molecular weight is 284 g/mol. The average Bonchev–Trinajstić information content (AvgIpc) is 2.77. The van der Waals surface area contributed by atoms with Crippen LogP contribution in [0.3, 0.4) is 0 Å². The van der Waals surface area contributed by atoms with E-state index in [2.05, 4.69) is 4.98 Å². The van der Waals surface area contributed by atoms with Crippen LogP contribution in [-0.2, 0) is 14.6 Å². The van der Waals surface area contributed by atoms with Crippen molar-refractivity contribution < 1.29 is 17.6 Å². The van der Waals surface area contributed by atoms with Gasteiger partial charge in [0.2, 0.25) is 5.89 Å². The Hall–Kier alpha value is -1.44. The SMILES string of the molecule is COCCC(N)c1nc2cc(S(C)(=O)=O)ccc2o1. The lowest BCUT2D eigenvalue weighted by molar-refractivity contribution is 0.184. The number of hydrogen-bond acceptors (Lipinski definition) is 6. The van der Waals surface area contributed by atoms with Gasteiger partial charge in [0.1, 0.15) is 5.52 Å². The first-order valence-corrected chi connectivity index (χ1v) is 7.66. The molecule has 0 saturated heterocycles. The summed E-state index contributed by atoms with van der Waals surface area (Å²) in [5, 5.41) is 0. The fourth-order valence-corrected chi connectivity index (χ4v) is 2.32. The fourth-order valence-electron chi connectivity index (χ4n) is 1.68. The minimum absolute atomic E-state index is 0.213. The molecule has 2 rings (SSSR count). The van der Waals surface area contributed by atoms with Gasteiger partial charge < -0.3 is 14.9 Å². The molecule has 0 saturated carbocycles. The standard InChI is InChI=1S/C12H16N2O4S/c1-17-6-5-9(13)12-14-10-7-8(19(2,15)16)3-4-11(10)18-12/h3-4,7,9H,5-6,13H2,1-2H3. The van der Waals surface area contributed by atoms with Crippen molar-refractivity contribution in [3.8, 4) is 0 Å². The maximum atomic E-state index is 11.5. The number of ether oxygens (including phenoxy) is 1. The van der Waals surface area contributed by atoms with Crippen molar-refractivity contribution in [1.29, 1.82) is 0 Å². The molecule has 6 nitrogen and oxygen atoms in total. The summed E-state index contributed by atoms with van der Waals surface area (Å²) < 4.78 is 33.4.